The van der Waals surface area contributed by atoms with Crippen molar-refractivity contribution in [1.29, 1.82) is 0 Å². The minimum absolute atomic E-state index is 0.238. The summed E-state index contributed by atoms with van der Waals surface area (Å²) in [5, 5.41) is 7.15. The largest absolute Gasteiger partial charge is 0.366 e. The number of aromatic nitrogens is 2. The van der Waals surface area contributed by atoms with Crippen LogP contribution in [0.2, 0.25) is 5.02 Å². The quantitative estimate of drug-likeness (QED) is 0.652. The van der Waals surface area contributed by atoms with Crippen molar-refractivity contribution in [2.75, 3.05) is 17.2 Å². The fourth-order valence-electron chi connectivity index (χ4n) is 2.31. The lowest BCUT2D eigenvalue weighted by molar-refractivity contribution is 0.627. The van der Waals surface area contributed by atoms with Gasteiger partial charge in [-0.25, -0.2) is 9.37 Å². The van der Waals surface area contributed by atoms with Gasteiger partial charge in [0.2, 0.25) is 5.95 Å². The van der Waals surface area contributed by atoms with Crippen LogP contribution in [0, 0.1) is 5.82 Å². The summed E-state index contributed by atoms with van der Waals surface area (Å²) in [6.07, 6.45) is 2.55. The summed E-state index contributed by atoms with van der Waals surface area (Å²) in [7, 11) is 0. The molecular formula is C19H18ClFN4. The summed E-state index contributed by atoms with van der Waals surface area (Å²) in [5.41, 5.74) is 2.18. The third kappa shape index (κ3) is 5.43. The van der Waals surface area contributed by atoms with Gasteiger partial charge in [0.05, 0.1) is 0 Å². The van der Waals surface area contributed by atoms with Crippen LogP contribution in [0.4, 0.5) is 16.2 Å². The van der Waals surface area contributed by atoms with Crippen molar-refractivity contribution in [2.24, 2.45) is 0 Å². The number of nitrogens with zero attached hydrogens (tertiary/aromatic N) is 2. The Labute approximate surface area is 151 Å². The second-order valence-corrected chi connectivity index (χ2v) is 5.99. The van der Waals surface area contributed by atoms with Gasteiger partial charge < -0.3 is 10.6 Å². The van der Waals surface area contributed by atoms with Gasteiger partial charge in [-0.1, -0.05) is 35.9 Å². The Balaban J connectivity index is 1.50. The molecule has 2 aromatic carbocycles. The second-order valence-electron chi connectivity index (χ2n) is 5.55. The summed E-state index contributed by atoms with van der Waals surface area (Å²) in [5.74, 6) is 1.05. The van der Waals surface area contributed by atoms with Crippen LogP contribution in [-0.2, 0) is 13.0 Å². The number of nitrogens with one attached hydrogen (secondary N) is 2. The van der Waals surface area contributed by atoms with Crippen molar-refractivity contribution >= 4 is 23.4 Å². The predicted molar refractivity (Wildman–Crippen MR) is 99.4 cm³/mol. The van der Waals surface area contributed by atoms with Gasteiger partial charge in [0, 0.05) is 24.3 Å². The van der Waals surface area contributed by atoms with Crippen molar-refractivity contribution < 1.29 is 4.39 Å². The number of benzene rings is 2. The Bertz CT molecular complexity index is 806. The first-order chi connectivity index (χ1) is 12.2. The summed E-state index contributed by atoms with van der Waals surface area (Å²) >= 11 is 5.88. The van der Waals surface area contributed by atoms with Gasteiger partial charge in [0.1, 0.15) is 11.6 Å². The molecule has 0 aliphatic heterocycles. The predicted octanol–water partition coefficient (Wildman–Crippen LogP) is 4.54. The van der Waals surface area contributed by atoms with E-state index >= 15 is 0 Å². The first-order valence-corrected chi connectivity index (χ1v) is 8.36. The molecule has 1 heterocycles. The van der Waals surface area contributed by atoms with Crippen LogP contribution in [0.1, 0.15) is 11.1 Å². The van der Waals surface area contributed by atoms with Gasteiger partial charge >= 0.3 is 0 Å². The van der Waals surface area contributed by atoms with Gasteiger partial charge in [-0.05, 0) is 47.9 Å². The van der Waals surface area contributed by atoms with E-state index in [0.717, 1.165) is 23.6 Å². The van der Waals surface area contributed by atoms with E-state index in [4.69, 9.17) is 11.6 Å². The second kappa shape index (κ2) is 8.44. The highest BCUT2D eigenvalue weighted by atomic mass is 35.5. The molecule has 0 fully saturated rings. The molecule has 0 bridgehead atoms. The normalized spacial score (nSPS) is 10.5. The average molecular weight is 357 g/mol. The van der Waals surface area contributed by atoms with Crippen LogP contribution in [0.3, 0.4) is 0 Å². The fourth-order valence-corrected chi connectivity index (χ4v) is 2.43. The number of rotatable bonds is 7. The van der Waals surface area contributed by atoms with Crippen molar-refractivity contribution in [2.45, 2.75) is 13.0 Å². The van der Waals surface area contributed by atoms with Crippen LogP contribution in [-0.4, -0.2) is 16.5 Å². The molecule has 3 rings (SSSR count). The van der Waals surface area contributed by atoms with Crippen LogP contribution in [0.5, 0.6) is 0 Å². The molecule has 2 N–H and O–H groups in total. The SMILES string of the molecule is Fc1ccc(CNc2ccnc(NCCc3ccc(Cl)cc3)n2)cc1. The highest BCUT2D eigenvalue weighted by Crippen LogP contribution is 2.11. The minimum atomic E-state index is -0.238. The van der Waals surface area contributed by atoms with Gasteiger partial charge in [-0.2, -0.15) is 4.98 Å². The molecule has 128 valence electrons. The Morgan fingerprint density at radius 2 is 1.60 bits per heavy atom. The monoisotopic (exact) mass is 356 g/mol. The number of halogens is 2. The van der Waals surface area contributed by atoms with E-state index in [2.05, 4.69) is 20.6 Å². The highest BCUT2D eigenvalue weighted by Gasteiger charge is 2.00. The summed E-state index contributed by atoms with van der Waals surface area (Å²) < 4.78 is 12.9. The topological polar surface area (TPSA) is 49.8 Å². The van der Waals surface area contributed by atoms with E-state index in [1.807, 2.05) is 24.3 Å². The number of hydrogen-bond acceptors (Lipinski definition) is 4. The van der Waals surface area contributed by atoms with E-state index in [9.17, 15) is 4.39 Å². The minimum Gasteiger partial charge on any atom is -0.366 e. The summed E-state index contributed by atoms with van der Waals surface area (Å²) in [6.45, 7) is 1.30. The van der Waals surface area contributed by atoms with Crippen molar-refractivity contribution in [3.63, 3.8) is 0 Å². The first-order valence-electron chi connectivity index (χ1n) is 7.99. The molecule has 1 aromatic heterocycles. The maximum atomic E-state index is 12.9. The van der Waals surface area contributed by atoms with E-state index in [1.165, 1.54) is 17.7 Å². The first kappa shape index (κ1) is 17.2. The Kier molecular flexibility index (Phi) is 5.80. The van der Waals surface area contributed by atoms with Gasteiger partial charge in [-0.15, -0.1) is 0 Å². The number of hydrogen-bond donors (Lipinski definition) is 2. The van der Waals surface area contributed by atoms with Crippen molar-refractivity contribution in [3.05, 3.63) is 82.8 Å². The summed E-state index contributed by atoms with van der Waals surface area (Å²) in [4.78, 5) is 8.64. The maximum Gasteiger partial charge on any atom is 0.224 e. The molecule has 0 aliphatic carbocycles. The molecule has 0 spiro atoms. The lowest BCUT2D eigenvalue weighted by Crippen LogP contribution is -2.09. The van der Waals surface area contributed by atoms with E-state index < -0.39 is 0 Å². The lowest BCUT2D eigenvalue weighted by Gasteiger charge is -2.09. The third-order valence-electron chi connectivity index (χ3n) is 3.65. The average Bonchev–Trinajstić information content (AvgIpc) is 2.63. The van der Waals surface area contributed by atoms with E-state index in [0.29, 0.717) is 18.3 Å². The standard InChI is InChI=1S/C19H18ClFN4/c20-16-5-1-14(2-6-16)9-11-22-19-23-12-10-18(25-19)24-13-15-3-7-17(21)8-4-15/h1-8,10,12H,9,11,13H2,(H2,22,23,24,25). The molecule has 6 heteroatoms. The molecule has 4 nitrogen and oxygen atoms in total. The molecular weight excluding hydrogens is 339 g/mol. The molecule has 0 atom stereocenters. The molecule has 0 amide bonds. The third-order valence-corrected chi connectivity index (χ3v) is 3.90. The zero-order valence-electron chi connectivity index (χ0n) is 13.5. The van der Waals surface area contributed by atoms with Crippen LogP contribution < -0.4 is 10.6 Å². The molecule has 0 saturated heterocycles. The van der Waals surface area contributed by atoms with Crippen LogP contribution in [0.15, 0.2) is 60.8 Å². The van der Waals surface area contributed by atoms with Crippen LogP contribution in [0.25, 0.3) is 0 Å². The Morgan fingerprint density at radius 3 is 2.36 bits per heavy atom. The molecule has 25 heavy (non-hydrogen) atoms. The van der Waals surface area contributed by atoms with Crippen LogP contribution >= 0.6 is 11.6 Å². The molecule has 0 aliphatic rings. The molecule has 0 radical (unpaired) electrons. The fraction of sp³-hybridized carbons (Fsp3) is 0.158. The smallest absolute Gasteiger partial charge is 0.224 e. The summed E-state index contributed by atoms with van der Waals surface area (Å²) in [6, 6.07) is 16.0. The lowest BCUT2D eigenvalue weighted by atomic mass is 10.1. The number of anilines is 2. The van der Waals surface area contributed by atoms with Gasteiger partial charge in [0.15, 0.2) is 0 Å². The van der Waals surface area contributed by atoms with E-state index in [1.54, 1.807) is 24.4 Å². The molecule has 3 aromatic rings. The van der Waals surface area contributed by atoms with Crippen molar-refractivity contribution in [3.8, 4) is 0 Å². The Hall–Kier alpha value is -2.66. The molecule has 0 unspecified atom stereocenters. The van der Waals surface area contributed by atoms with Crippen molar-refractivity contribution in [1.82, 2.24) is 9.97 Å². The van der Waals surface area contributed by atoms with E-state index in [-0.39, 0.29) is 5.82 Å². The molecule has 0 saturated carbocycles. The van der Waals surface area contributed by atoms with Gasteiger partial charge in [-0.3, -0.25) is 0 Å². The highest BCUT2D eigenvalue weighted by molar-refractivity contribution is 6.30. The maximum absolute atomic E-state index is 12.9. The Morgan fingerprint density at radius 1 is 0.880 bits per heavy atom. The van der Waals surface area contributed by atoms with Gasteiger partial charge in [0.25, 0.3) is 0 Å². The zero-order chi connectivity index (χ0) is 17.5. The zero-order valence-corrected chi connectivity index (χ0v) is 14.3.